The number of alkyl carbamates (subject to hydrolysis) is 1. The summed E-state index contributed by atoms with van der Waals surface area (Å²) in [5.41, 5.74) is 0.826. The van der Waals surface area contributed by atoms with Crippen LogP contribution in [0.1, 0.15) is 30.1 Å². The Kier molecular flexibility index (Phi) is 7.66. The van der Waals surface area contributed by atoms with Gasteiger partial charge in [0.2, 0.25) is 5.91 Å². The molecule has 1 atom stereocenters. The number of amides is 2. The number of hydrogen-bond donors (Lipinski definition) is 3. The number of ether oxygens (including phenoxy) is 1. The summed E-state index contributed by atoms with van der Waals surface area (Å²) < 4.78 is 4.73. The van der Waals surface area contributed by atoms with Crippen molar-refractivity contribution in [2.75, 3.05) is 19.7 Å². The second-order valence-electron chi connectivity index (χ2n) is 5.87. The van der Waals surface area contributed by atoms with Crippen LogP contribution in [0, 0.1) is 13.8 Å². The smallest absolute Gasteiger partial charge is 0.407 e. The van der Waals surface area contributed by atoms with Crippen LogP contribution in [0.2, 0.25) is 0 Å². The third-order valence-corrected chi connectivity index (χ3v) is 6.15. The van der Waals surface area contributed by atoms with E-state index >= 15 is 0 Å². The maximum absolute atomic E-state index is 12.3. The zero-order chi connectivity index (χ0) is 20.0. The van der Waals surface area contributed by atoms with Crippen molar-refractivity contribution in [2.45, 2.75) is 38.7 Å². The van der Waals surface area contributed by atoms with Crippen LogP contribution in [0.3, 0.4) is 0 Å². The highest BCUT2D eigenvalue weighted by Gasteiger charge is 2.16. The van der Waals surface area contributed by atoms with Gasteiger partial charge in [0.25, 0.3) is 5.56 Å². The summed E-state index contributed by atoms with van der Waals surface area (Å²) in [6.07, 6.45) is -0.501. The second-order valence-corrected chi connectivity index (χ2v) is 8.40. The highest BCUT2D eigenvalue weighted by Crippen LogP contribution is 2.26. The van der Waals surface area contributed by atoms with Crippen LogP contribution in [0.15, 0.2) is 4.79 Å². The highest BCUT2D eigenvalue weighted by molar-refractivity contribution is 7.99. The maximum Gasteiger partial charge on any atom is 0.407 e. The lowest BCUT2D eigenvalue weighted by molar-refractivity contribution is -0.120. The first-order valence-corrected chi connectivity index (χ1v) is 10.5. The fraction of sp³-hybridized carbons (Fsp3) is 0.529. The standard InChI is InChI=1S/C17H24N4O4S2/c1-5-25-17(24)19-7-6-18-14(22)11(4)26-8-12-20-15(23)13-9(2)10(3)27-16(13)21-12/h11H,5-8H2,1-4H3,(H,18,22)(H,19,24)(H,20,21,23). The number of carbonyl (C=O) groups is 2. The van der Waals surface area contributed by atoms with Gasteiger partial charge in [0.15, 0.2) is 0 Å². The predicted molar refractivity (Wildman–Crippen MR) is 109 cm³/mol. The van der Waals surface area contributed by atoms with E-state index in [9.17, 15) is 14.4 Å². The number of thioether (sulfide) groups is 1. The summed E-state index contributed by atoms with van der Waals surface area (Å²) in [7, 11) is 0. The van der Waals surface area contributed by atoms with Crippen molar-refractivity contribution in [1.29, 1.82) is 0 Å². The van der Waals surface area contributed by atoms with E-state index in [-0.39, 0.29) is 16.7 Å². The number of thiophene rings is 1. The monoisotopic (exact) mass is 412 g/mol. The molecule has 2 aromatic rings. The number of rotatable bonds is 8. The van der Waals surface area contributed by atoms with Gasteiger partial charge in [-0.3, -0.25) is 9.59 Å². The third kappa shape index (κ3) is 5.70. The summed E-state index contributed by atoms with van der Waals surface area (Å²) in [6, 6.07) is 0. The Balaban J connectivity index is 1.83. The van der Waals surface area contributed by atoms with Gasteiger partial charge in [0, 0.05) is 18.0 Å². The van der Waals surface area contributed by atoms with Gasteiger partial charge in [-0.2, -0.15) is 0 Å². The van der Waals surface area contributed by atoms with Crippen LogP contribution in [0.4, 0.5) is 4.79 Å². The van der Waals surface area contributed by atoms with Crippen LogP contribution in [0.25, 0.3) is 10.2 Å². The summed E-state index contributed by atoms with van der Waals surface area (Å²) in [6.45, 7) is 8.32. The van der Waals surface area contributed by atoms with Gasteiger partial charge in [-0.25, -0.2) is 9.78 Å². The van der Waals surface area contributed by atoms with Crippen LogP contribution in [-0.4, -0.2) is 46.9 Å². The van der Waals surface area contributed by atoms with Crippen LogP contribution in [-0.2, 0) is 15.3 Å². The molecule has 0 aliphatic rings. The third-order valence-electron chi connectivity index (χ3n) is 3.90. The Morgan fingerprint density at radius 3 is 2.70 bits per heavy atom. The molecule has 1 unspecified atom stereocenters. The molecule has 0 fully saturated rings. The molecule has 0 aliphatic carbocycles. The van der Waals surface area contributed by atoms with E-state index in [1.54, 1.807) is 13.8 Å². The molecule has 0 spiro atoms. The average Bonchev–Trinajstić information content (AvgIpc) is 2.91. The number of aromatic amines is 1. The van der Waals surface area contributed by atoms with Crippen molar-refractivity contribution in [3.05, 3.63) is 26.6 Å². The fourth-order valence-electron chi connectivity index (χ4n) is 2.32. The van der Waals surface area contributed by atoms with Gasteiger partial charge in [-0.15, -0.1) is 23.1 Å². The zero-order valence-corrected chi connectivity index (χ0v) is 17.4. The summed E-state index contributed by atoms with van der Waals surface area (Å²) in [4.78, 5) is 44.6. The van der Waals surface area contributed by atoms with Gasteiger partial charge < -0.3 is 20.4 Å². The molecular weight excluding hydrogens is 388 g/mol. The molecule has 0 saturated carbocycles. The SMILES string of the molecule is CCOC(=O)NCCNC(=O)C(C)SCc1nc2sc(C)c(C)c2c(=O)[nH]1. The highest BCUT2D eigenvalue weighted by atomic mass is 32.2. The molecule has 148 valence electrons. The van der Waals surface area contributed by atoms with Crippen LogP contribution >= 0.6 is 23.1 Å². The minimum absolute atomic E-state index is 0.139. The number of carbonyl (C=O) groups excluding carboxylic acids is 2. The normalized spacial score (nSPS) is 12.0. The number of fused-ring (bicyclic) bond motifs is 1. The van der Waals surface area contributed by atoms with Gasteiger partial charge in [-0.05, 0) is 33.3 Å². The number of H-pyrrole nitrogens is 1. The molecule has 0 bridgehead atoms. The first-order chi connectivity index (χ1) is 12.8. The number of hydrogen-bond acceptors (Lipinski definition) is 7. The molecule has 2 heterocycles. The number of aromatic nitrogens is 2. The zero-order valence-electron chi connectivity index (χ0n) is 15.8. The molecule has 0 radical (unpaired) electrons. The van der Waals surface area contributed by atoms with Crippen molar-refractivity contribution in [1.82, 2.24) is 20.6 Å². The lowest BCUT2D eigenvalue weighted by Gasteiger charge is -2.12. The Hall–Kier alpha value is -2.07. The Morgan fingerprint density at radius 1 is 1.30 bits per heavy atom. The molecule has 10 heteroatoms. The van der Waals surface area contributed by atoms with Gasteiger partial charge in [0.1, 0.15) is 10.7 Å². The van der Waals surface area contributed by atoms with Gasteiger partial charge >= 0.3 is 6.09 Å². The minimum Gasteiger partial charge on any atom is -0.450 e. The van der Waals surface area contributed by atoms with Crippen molar-refractivity contribution < 1.29 is 14.3 Å². The van der Waals surface area contributed by atoms with Crippen LogP contribution < -0.4 is 16.2 Å². The average molecular weight is 413 g/mol. The molecule has 2 aromatic heterocycles. The summed E-state index contributed by atoms with van der Waals surface area (Å²) in [5.74, 6) is 0.843. The fourth-order valence-corrected chi connectivity index (χ4v) is 4.15. The topological polar surface area (TPSA) is 113 Å². The molecule has 2 amide bonds. The van der Waals surface area contributed by atoms with E-state index < -0.39 is 6.09 Å². The molecule has 3 N–H and O–H groups in total. The van der Waals surface area contributed by atoms with E-state index in [1.807, 2.05) is 13.8 Å². The van der Waals surface area contributed by atoms with Crippen molar-refractivity contribution in [3.63, 3.8) is 0 Å². The van der Waals surface area contributed by atoms with Gasteiger partial charge in [-0.1, -0.05) is 0 Å². The Bertz CT molecular complexity index is 878. The van der Waals surface area contributed by atoms with E-state index in [2.05, 4.69) is 20.6 Å². The Labute approximate surface area is 165 Å². The molecule has 0 aromatic carbocycles. The molecule has 2 rings (SSSR count). The number of aryl methyl sites for hydroxylation is 2. The number of nitrogens with zero attached hydrogens (tertiary/aromatic N) is 1. The second kappa shape index (κ2) is 9.75. The van der Waals surface area contributed by atoms with Crippen molar-refractivity contribution >= 4 is 45.3 Å². The summed E-state index contributed by atoms with van der Waals surface area (Å²) >= 11 is 2.89. The van der Waals surface area contributed by atoms with Crippen molar-refractivity contribution in [2.24, 2.45) is 0 Å². The largest absolute Gasteiger partial charge is 0.450 e. The molecule has 8 nitrogen and oxygen atoms in total. The Morgan fingerprint density at radius 2 is 2.00 bits per heavy atom. The first-order valence-electron chi connectivity index (χ1n) is 8.62. The maximum atomic E-state index is 12.3. The lowest BCUT2D eigenvalue weighted by Crippen LogP contribution is -2.38. The van der Waals surface area contributed by atoms with Gasteiger partial charge in [0.05, 0.1) is 23.0 Å². The molecular formula is C17H24N4O4S2. The lowest BCUT2D eigenvalue weighted by atomic mass is 10.2. The number of nitrogens with one attached hydrogen (secondary N) is 3. The van der Waals surface area contributed by atoms with E-state index in [0.29, 0.717) is 36.7 Å². The van der Waals surface area contributed by atoms with Crippen molar-refractivity contribution in [3.8, 4) is 0 Å². The summed E-state index contributed by atoms with van der Waals surface area (Å²) in [5, 5.41) is 5.61. The molecule has 27 heavy (non-hydrogen) atoms. The first kappa shape index (κ1) is 21.2. The quantitative estimate of drug-likeness (QED) is 0.572. The van der Waals surface area contributed by atoms with E-state index in [4.69, 9.17) is 4.74 Å². The minimum atomic E-state index is -0.501. The predicted octanol–water partition coefficient (Wildman–Crippen LogP) is 2.09. The molecule has 0 aliphatic heterocycles. The van der Waals surface area contributed by atoms with E-state index in [1.165, 1.54) is 23.1 Å². The molecule has 0 saturated heterocycles. The van der Waals surface area contributed by atoms with E-state index in [0.717, 1.165) is 15.3 Å². The van der Waals surface area contributed by atoms with Crippen LogP contribution in [0.5, 0.6) is 0 Å².